The first kappa shape index (κ1) is 27.6. The molecule has 188 valence electrons. The number of hydrogen-bond acceptors (Lipinski definition) is 3. The highest BCUT2D eigenvalue weighted by molar-refractivity contribution is 7.85. The molecule has 0 fully saturated rings. The second-order valence-corrected chi connectivity index (χ2v) is 17.7. The maximum atomic E-state index is 15.5. The topological polar surface area (TPSA) is 38.7 Å². The summed E-state index contributed by atoms with van der Waals surface area (Å²) in [5, 5.41) is 2.94. The van der Waals surface area contributed by atoms with Crippen LogP contribution >= 0.6 is 11.3 Å². The van der Waals surface area contributed by atoms with Crippen molar-refractivity contribution in [2.75, 3.05) is 6.61 Å². The third-order valence-electron chi connectivity index (χ3n) is 5.73. The highest BCUT2D eigenvalue weighted by atomic mass is 32.2. The van der Waals surface area contributed by atoms with Crippen LogP contribution < -0.4 is 10.4 Å². The molecule has 0 amide bonds. The lowest BCUT2D eigenvalue weighted by Crippen LogP contribution is -2.67. The van der Waals surface area contributed by atoms with Crippen LogP contribution in [-0.2, 0) is 21.3 Å². The summed E-state index contributed by atoms with van der Waals surface area (Å²) in [6.07, 6.45) is 1.41. The molecule has 0 spiro atoms. The SMILES string of the molecule is CC(C)(C)[S@@](=O)/N=C/c1cc(C(F)(F)CO[Si](c2ccccc2)(c2ccccc2)C(C)(C)C)cs1. The number of rotatable bonds is 8. The maximum absolute atomic E-state index is 15.5. The van der Waals surface area contributed by atoms with E-state index in [4.69, 9.17) is 4.43 Å². The minimum Gasteiger partial charge on any atom is -0.401 e. The van der Waals surface area contributed by atoms with Crippen molar-refractivity contribution in [1.29, 1.82) is 0 Å². The molecule has 0 aliphatic carbocycles. The zero-order valence-electron chi connectivity index (χ0n) is 21.0. The summed E-state index contributed by atoms with van der Waals surface area (Å²) in [6, 6.07) is 20.9. The Morgan fingerprint density at radius 2 is 1.46 bits per heavy atom. The van der Waals surface area contributed by atoms with Gasteiger partial charge in [-0.25, -0.2) is 4.21 Å². The van der Waals surface area contributed by atoms with E-state index in [-0.39, 0.29) is 5.56 Å². The standard InChI is InChI=1S/C27H33F2NO2S2Si/c1-25(2,3)34(31)30-18-22-17-21(19-33-22)27(28,29)20-32-35(26(4,5)6,23-13-9-7-10-14-23)24-15-11-8-12-16-24/h7-19H,20H2,1-6H3/b30-18+/t34-/m1/s1. The minimum absolute atomic E-state index is 0.122. The molecule has 0 saturated carbocycles. The van der Waals surface area contributed by atoms with E-state index in [1.54, 1.807) is 0 Å². The fourth-order valence-electron chi connectivity index (χ4n) is 3.91. The molecule has 3 aromatic rings. The monoisotopic (exact) mass is 533 g/mol. The zero-order valence-corrected chi connectivity index (χ0v) is 23.7. The second kappa shape index (κ2) is 10.5. The van der Waals surface area contributed by atoms with Crippen molar-refractivity contribution < 1.29 is 17.4 Å². The highest BCUT2D eigenvalue weighted by Crippen LogP contribution is 2.39. The van der Waals surface area contributed by atoms with Gasteiger partial charge in [-0.3, -0.25) is 0 Å². The molecule has 0 aliphatic heterocycles. The first-order valence-electron chi connectivity index (χ1n) is 11.5. The van der Waals surface area contributed by atoms with E-state index in [1.165, 1.54) is 17.7 Å². The Kier molecular flexibility index (Phi) is 8.31. The van der Waals surface area contributed by atoms with Gasteiger partial charge in [-0.15, -0.1) is 11.3 Å². The van der Waals surface area contributed by atoms with Crippen molar-refractivity contribution in [2.45, 2.75) is 57.3 Å². The molecular weight excluding hydrogens is 501 g/mol. The Bertz CT molecular complexity index is 1130. The summed E-state index contributed by atoms with van der Waals surface area (Å²) in [7, 11) is -4.53. The molecule has 2 aromatic carbocycles. The smallest absolute Gasteiger partial charge is 0.295 e. The van der Waals surface area contributed by atoms with E-state index >= 15 is 8.78 Å². The minimum atomic E-state index is -3.20. The molecule has 35 heavy (non-hydrogen) atoms. The number of halogens is 2. The van der Waals surface area contributed by atoms with Gasteiger partial charge in [-0.1, -0.05) is 81.4 Å². The van der Waals surface area contributed by atoms with Crippen molar-refractivity contribution in [3.63, 3.8) is 0 Å². The summed E-state index contributed by atoms with van der Waals surface area (Å²) < 4.78 is 53.2. The summed E-state index contributed by atoms with van der Waals surface area (Å²) >= 11 is 1.15. The number of benzene rings is 2. The average molecular weight is 534 g/mol. The van der Waals surface area contributed by atoms with E-state index in [2.05, 4.69) is 25.2 Å². The van der Waals surface area contributed by atoms with E-state index in [9.17, 15) is 4.21 Å². The normalized spacial score (nSPS) is 14.4. The quantitative estimate of drug-likeness (QED) is 0.252. The van der Waals surface area contributed by atoms with E-state index in [1.807, 2.05) is 81.4 Å². The predicted molar refractivity (Wildman–Crippen MR) is 147 cm³/mol. The van der Waals surface area contributed by atoms with Crippen molar-refractivity contribution in [1.82, 2.24) is 0 Å². The summed E-state index contributed by atoms with van der Waals surface area (Å²) in [6.45, 7) is 10.9. The molecule has 0 unspecified atom stereocenters. The van der Waals surface area contributed by atoms with Gasteiger partial charge in [0, 0.05) is 15.8 Å². The van der Waals surface area contributed by atoms with Crippen LogP contribution in [0.1, 0.15) is 52.0 Å². The van der Waals surface area contributed by atoms with Crippen molar-refractivity contribution in [3.05, 3.63) is 82.6 Å². The van der Waals surface area contributed by atoms with Gasteiger partial charge in [0.25, 0.3) is 14.2 Å². The van der Waals surface area contributed by atoms with Gasteiger partial charge < -0.3 is 4.43 Å². The molecule has 3 rings (SSSR count). The van der Waals surface area contributed by atoms with Crippen LogP contribution in [0.15, 0.2) is 76.5 Å². The number of thiophene rings is 1. The van der Waals surface area contributed by atoms with Gasteiger partial charge in [0.05, 0.1) is 11.0 Å². The molecule has 0 saturated heterocycles. The first-order valence-corrected chi connectivity index (χ1v) is 15.3. The Morgan fingerprint density at radius 3 is 1.91 bits per heavy atom. The largest absolute Gasteiger partial charge is 0.401 e. The molecule has 0 radical (unpaired) electrons. The van der Waals surface area contributed by atoms with Gasteiger partial charge in [0.2, 0.25) is 0 Å². The third-order valence-corrected chi connectivity index (χ3v) is 12.9. The van der Waals surface area contributed by atoms with Crippen LogP contribution in [0.3, 0.4) is 0 Å². The molecular formula is C27H33F2NO2S2Si. The fourth-order valence-corrected chi connectivity index (χ4v) is 9.87. The Hall–Kier alpha value is -2.00. The van der Waals surface area contributed by atoms with Crippen LogP contribution in [0.2, 0.25) is 5.04 Å². The fraction of sp³-hybridized carbons (Fsp3) is 0.370. The summed E-state index contributed by atoms with van der Waals surface area (Å²) in [5.74, 6) is -3.20. The molecule has 0 bridgehead atoms. The Balaban J connectivity index is 1.94. The number of hydrogen-bond donors (Lipinski definition) is 0. The summed E-state index contributed by atoms with van der Waals surface area (Å²) in [4.78, 5) is 0.530. The van der Waals surface area contributed by atoms with Crippen molar-refractivity contribution in [3.8, 4) is 0 Å². The van der Waals surface area contributed by atoms with Crippen LogP contribution in [0.5, 0.6) is 0 Å². The van der Waals surface area contributed by atoms with Crippen LogP contribution in [0.25, 0.3) is 0 Å². The maximum Gasteiger partial charge on any atom is 0.295 e. The second-order valence-electron chi connectivity index (χ2n) is 10.5. The first-order chi connectivity index (χ1) is 16.3. The average Bonchev–Trinajstić information content (AvgIpc) is 3.28. The van der Waals surface area contributed by atoms with E-state index in [0.29, 0.717) is 4.88 Å². The highest BCUT2D eigenvalue weighted by Gasteiger charge is 2.52. The molecule has 1 atom stereocenters. The molecule has 1 heterocycles. The van der Waals surface area contributed by atoms with Crippen LogP contribution in [0, 0.1) is 0 Å². The van der Waals surface area contributed by atoms with Gasteiger partial charge in [0.1, 0.15) is 17.6 Å². The third kappa shape index (κ3) is 6.23. The summed E-state index contributed by atoms with van der Waals surface area (Å²) in [5.41, 5.74) is -0.122. The van der Waals surface area contributed by atoms with Crippen molar-refractivity contribution in [2.24, 2.45) is 4.40 Å². The number of nitrogens with zero attached hydrogens (tertiary/aromatic N) is 1. The molecule has 1 aromatic heterocycles. The van der Waals surface area contributed by atoms with Gasteiger partial charge >= 0.3 is 0 Å². The van der Waals surface area contributed by atoms with Crippen LogP contribution in [-0.4, -0.2) is 30.1 Å². The lowest BCUT2D eigenvalue weighted by Gasteiger charge is -2.43. The van der Waals surface area contributed by atoms with E-state index in [0.717, 1.165) is 21.7 Å². The molecule has 8 heteroatoms. The molecule has 3 nitrogen and oxygen atoms in total. The predicted octanol–water partition coefficient (Wildman–Crippen LogP) is 6.30. The molecule has 0 N–H and O–H groups in total. The Morgan fingerprint density at radius 1 is 0.943 bits per heavy atom. The van der Waals surface area contributed by atoms with Gasteiger partial charge in [-0.05, 0) is 42.2 Å². The van der Waals surface area contributed by atoms with Crippen molar-refractivity contribution >= 4 is 47.2 Å². The lowest BCUT2D eigenvalue weighted by molar-refractivity contribution is -0.0494. The zero-order chi connectivity index (χ0) is 25.9. The Labute approximate surface area is 215 Å². The van der Waals surface area contributed by atoms with Gasteiger partial charge in [0.15, 0.2) is 0 Å². The lowest BCUT2D eigenvalue weighted by atomic mass is 10.2. The number of alkyl halides is 2. The van der Waals surface area contributed by atoms with Crippen LogP contribution in [0.4, 0.5) is 8.78 Å². The molecule has 0 aliphatic rings. The van der Waals surface area contributed by atoms with E-state index < -0.39 is 41.6 Å². The van der Waals surface area contributed by atoms with Gasteiger partial charge in [-0.2, -0.15) is 13.2 Å².